The molecule has 0 saturated carbocycles. The molecule has 1 aliphatic heterocycles. The summed E-state index contributed by atoms with van der Waals surface area (Å²) < 4.78 is 1.45. The highest BCUT2D eigenvalue weighted by molar-refractivity contribution is 8.01. The van der Waals surface area contributed by atoms with E-state index in [1.165, 1.54) is 9.77 Å². The Labute approximate surface area is 93.0 Å². The lowest BCUT2D eigenvalue weighted by Crippen LogP contribution is -2.26. The Morgan fingerprint density at radius 1 is 1.64 bits per heavy atom. The second-order valence-electron chi connectivity index (χ2n) is 3.43. The number of fused-ring (bicyclic) bond motifs is 1. The van der Waals surface area contributed by atoms with Crippen LogP contribution in [0.1, 0.15) is 31.9 Å². The van der Waals surface area contributed by atoms with Crippen molar-refractivity contribution in [2.45, 2.75) is 35.8 Å². The van der Waals surface area contributed by atoms with Gasteiger partial charge in [-0.1, -0.05) is 6.92 Å². The monoisotopic (exact) mass is 229 g/mol. The average Bonchev–Trinajstić information content (AvgIpc) is 2.61. The van der Waals surface area contributed by atoms with Crippen LogP contribution in [-0.2, 0) is 4.84 Å². The van der Waals surface area contributed by atoms with Crippen LogP contribution in [0.3, 0.4) is 0 Å². The van der Waals surface area contributed by atoms with E-state index in [1.54, 1.807) is 0 Å². The largest absolute Gasteiger partial charge is 0.302 e. The maximum Gasteiger partial charge on any atom is 0.0654 e. The summed E-state index contributed by atoms with van der Waals surface area (Å²) >= 11 is 3.81. The molecule has 1 aromatic rings. The Morgan fingerprint density at radius 3 is 3.29 bits per heavy atom. The molecule has 2 atom stereocenters. The molecule has 14 heavy (non-hydrogen) atoms. The zero-order valence-electron chi connectivity index (χ0n) is 8.45. The van der Waals surface area contributed by atoms with Gasteiger partial charge in [-0.2, -0.15) is 5.48 Å². The third kappa shape index (κ3) is 2.14. The van der Waals surface area contributed by atoms with Gasteiger partial charge in [0, 0.05) is 5.25 Å². The highest BCUT2D eigenvalue weighted by Gasteiger charge is 2.26. The molecule has 0 fully saturated rings. The van der Waals surface area contributed by atoms with E-state index in [2.05, 4.69) is 23.9 Å². The van der Waals surface area contributed by atoms with E-state index >= 15 is 0 Å². The van der Waals surface area contributed by atoms with E-state index in [1.807, 2.05) is 30.0 Å². The molecule has 2 rings (SSSR count). The molecule has 0 saturated heterocycles. The van der Waals surface area contributed by atoms with Crippen molar-refractivity contribution in [1.29, 1.82) is 0 Å². The summed E-state index contributed by atoms with van der Waals surface area (Å²) in [5, 5.41) is 2.84. The molecule has 0 aromatic carbocycles. The molecule has 0 amide bonds. The highest BCUT2D eigenvalue weighted by atomic mass is 32.2. The van der Waals surface area contributed by atoms with Crippen LogP contribution in [0.25, 0.3) is 0 Å². The van der Waals surface area contributed by atoms with Gasteiger partial charge in [0.25, 0.3) is 0 Å². The van der Waals surface area contributed by atoms with Gasteiger partial charge in [0.1, 0.15) is 0 Å². The van der Waals surface area contributed by atoms with Crippen molar-refractivity contribution in [3.05, 3.63) is 17.0 Å². The lowest BCUT2D eigenvalue weighted by atomic mass is 10.1. The lowest BCUT2D eigenvalue weighted by molar-refractivity contribution is 0.0211. The molecular formula is C10H15NOS2. The van der Waals surface area contributed by atoms with E-state index in [4.69, 9.17) is 4.84 Å². The number of hydroxylamine groups is 1. The maximum atomic E-state index is 5.29. The van der Waals surface area contributed by atoms with Crippen LogP contribution >= 0.6 is 23.1 Å². The first kappa shape index (κ1) is 10.5. The molecule has 2 heterocycles. The predicted molar refractivity (Wildman–Crippen MR) is 61.8 cm³/mol. The van der Waals surface area contributed by atoms with Crippen LogP contribution in [0, 0.1) is 0 Å². The summed E-state index contributed by atoms with van der Waals surface area (Å²) in [6.45, 7) is 4.99. The second-order valence-corrected chi connectivity index (χ2v) is 6.05. The first-order valence-electron chi connectivity index (χ1n) is 4.92. The number of hydrogen-bond acceptors (Lipinski definition) is 4. The first-order chi connectivity index (χ1) is 6.81. The summed E-state index contributed by atoms with van der Waals surface area (Å²) in [5.74, 6) is 0. The highest BCUT2D eigenvalue weighted by Crippen LogP contribution is 2.43. The Hall–Kier alpha value is -0.0300. The van der Waals surface area contributed by atoms with Gasteiger partial charge in [-0.3, -0.25) is 0 Å². The van der Waals surface area contributed by atoms with Crippen molar-refractivity contribution in [2.24, 2.45) is 0 Å². The molecule has 78 valence electrons. The molecule has 4 heteroatoms. The Kier molecular flexibility index (Phi) is 3.49. The number of thioether (sulfide) groups is 1. The Bertz CT molecular complexity index is 300. The van der Waals surface area contributed by atoms with E-state index in [-0.39, 0.29) is 0 Å². The Balaban J connectivity index is 2.11. The van der Waals surface area contributed by atoms with Crippen LogP contribution in [-0.4, -0.2) is 11.9 Å². The van der Waals surface area contributed by atoms with Crippen LogP contribution in [0.4, 0.5) is 0 Å². The normalized spacial score (nSPS) is 26.1. The van der Waals surface area contributed by atoms with Crippen molar-refractivity contribution in [1.82, 2.24) is 5.48 Å². The number of nitrogens with one attached hydrogen (secondary N) is 1. The van der Waals surface area contributed by atoms with Gasteiger partial charge in [0.05, 0.1) is 16.9 Å². The van der Waals surface area contributed by atoms with Crippen LogP contribution in [0.15, 0.2) is 15.7 Å². The topological polar surface area (TPSA) is 21.3 Å². The van der Waals surface area contributed by atoms with Gasteiger partial charge < -0.3 is 4.84 Å². The summed E-state index contributed by atoms with van der Waals surface area (Å²) in [5.41, 5.74) is 4.55. The third-order valence-electron chi connectivity index (χ3n) is 2.28. The SMILES string of the molecule is CCONC1C[C@H](C)Sc2sccc21. The third-order valence-corrected chi connectivity index (χ3v) is 4.62. The van der Waals surface area contributed by atoms with Gasteiger partial charge in [0.15, 0.2) is 0 Å². The quantitative estimate of drug-likeness (QED) is 0.804. The number of rotatable bonds is 3. The molecule has 1 aliphatic rings. The van der Waals surface area contributed by atoms with Crippen molar-refractivity contribution in [3.8, 4) is 0 Å². The maximum absolute atomic E-state index is 5.29. The molecule has 0 spiro atoms. The molecule has 0 aliphatic carbocycles. The zero-order valence-corrected chi connectivity index (χ0v) is 10.1. The lowest BCUT2D eigenvalue weighted by Gasteiger charge is -2.26. The summed E-state index contributed by atoms with van der Waals surface area (Å²) in [7, 11) is 0. The zero-order chi connectivity index (χ0) is 9.97. The predicted octanol–water partition coefficient (Wildman–Crippen LogP) is 3.21. The Morgan fingerprint density at radius 2 is 2.50 bits per heavy atom. The summed E-state index contributed by atoms with van der Waals surface area (Å²) in [4.78, 5) is 5.29. The fourth-order valence-electron chi connectivity index (χ4n) is 1.64. The van der Waals surface area contributed by atoms with Gasteiger partial charge in [-0.15, -0.1) is 23.1 Å². The van der Waals surface area contributed by atoms with E-state index < -0.39 is 0 Å². The minimum atomic E-state index is 0.382. The van der Waals surface area contributed by atoms with E-state index in [9.17, 15) is 0 Å². The van der Waals surface area contributed by atoms with Crippen LogP contribution in [0.2, 0.25) is 0 Å². The van der Waals surface area contributed by atoms with Crippen molar-refractivity contribution in [3.63, 3.8) is 0 Å². The van der Waals surface area contributed by atoms with Crippen LogP contribution in [0.5, 0.6) is 0 Å². The second kappa shape index (κ2) is 4.66. The van der Waals surface area contributed by atoms with E-state index in [0.29, 0.717) is 11.3 Å². The molecule has 0 bridgehead atoms. The van der Waals surface area contributed by atoms with Gasteiger partial charge in [-0.25, -0.2) is 0 Å². The van der Waals surface area contributed by atoms with Crippen molar-refractivity contribution < 1.29 is 4.84 Å². The van der Waals surface area contributed by atoms with Crippen molar-refractivity contribution >= 4 is 23.1 Å². The number of thiophene rings is 1. The minimum absolute atomic E-state index is 0.382. The van der Waals surface area contributed by atoms with Gasteiger partial charge in [-0.05, 0) is 30.4 Å². The molecule has 0 radical (unpaired) electrons. The molecule has 1 N–H and O–H groups in total. The average molecular weight is 229 g/mol. The van der Waals surface area contributed by atoms with Gasteiger partial charge in [0.2, 0.25) is 0 Å². The van der Waals surface area contributed by atoms with Crippen LogP contribution < -0.4 is 5.48 Å². The molecule has 1 aromatic heterocycles. The van der Waals surface area contributed by atoms with Crippen molar-refractivity contribution in [2.75, 3.05) is 6.61 Å². The summed E-state index contributed by atoms with van der Waals surface area (Å²) in [6.07, 6.45) is 1.15. The molecule has 2 nitrogen and oxygen atoms in total. The first-order valence-corrected chi connectivity index (χ1v) is 6.68. The fourth-order valence-corrected chi connectivity index (χ4v) is 4.21. The molecule has 1 unspecified atom stereocenters. The molecular weight excluding hydrogens is 214 g/mol. The summed E-state index contributed by atoms with van der Waals surface area (Å²) in [6, 6.07) is 2.59. The number of hydrogen-bond donors (Lipinski definition) is 1. The van der Waals surface area contributed by atoms with Gasteiger partial charge >= 0.3 is 0 Å². The minimum Gasteiger partial charge on any atom is -0.302 e. The fraction of sp³-hybridized carbons (Fsp3) is 0.600. The smallest absolute Gasteiger partial charge is 0.0654 e. The van der Waals surface area contributed by atoms with E-state index in [0.717, 1.165) is 13.0 Å². The standard InChI is InChI=1S/C10H15NOS2/c1-3-12-11-9-6-7(2)14-10-8(9)4-5-13-10/h4-5,7,9,11H,3,6H2,1-2H3/t7-,9?/m0/s1.